The molecule has 7 nitrogen and oxygen atoms in total. The van der Waals surface area contributed by atoms with Crippen molar-refractivity contribution in [2.75, 3.05) is 13.1 Å². The van der Waals surface area contributed by atoms with Crippen molar-refractivity contribution in [3.05, 3.63) is 35.1 Å². The number of carbonyl (C=O) groups excluding carboxylic acids is 1. The molecular weight excluding hydrogens is 383 g/mol. The van der Waals surface area contributed by atoms with Crippen molar-refractivity contribution in [2.24, 2.45) is 16.1 Å². The Morgan fingerprint density at radius 1 is 1.43 bits per heavy atom. The van der Waals surface area contributed by atoms with E-state index in [1.807, 2.05) is 0 Å². The number of halogens is 1. The number of thioether (sulfide) groups is 1. The molecule has 2 fully saturated rings. The van der Waals surface area contributed by atoms with E-state index >= 15 is 0 Å². The number of amidine groups is 1. The van der Waals surface area contributed by atoms with Gasteiger partial charge in [0, 0.05) is 12.1 Å². The normalized spacial score (nSPS) is 22.9. The largest absolute Gasteiger partial charge is 0.481 e. The Hall–Kier alpha value is -2.26. The summed E-state index contributed by atoms with van der Waals surface area (Å²) in [4.78, 5) is 24.6. The lowest BCUT2D eigenvalue weighted by Gasteiger charge is -2.30. The van der Waals surface area contributed by atoms with E-state index < -0.39 is 17.1 Å². The van der Waals surface area contributed by atoms with E-state index in [0.29, 0.717) is 17.7 Å². The second kappa shape index (κ2) is 9.29. The molecule has 0 aliphatic carbocycles. The van der Waals surface area contributed by atoms with Crippen LogP contribution in [0.15, 0.2) is 28.4 Å². The standard InChI is InChI=1S/C19H23FN4O3S/c1-12-4-6-24(7-5-12)11-14-3-2-13(8-15(14)20)10-21-23-19-22-18(27)16(28-19)9-17(25)26/h2-3,8,10,12,16H,4-7,9,11H2,1H3,(H,25,26)(H,22,23,27). The van der Waals surface area contributed by atoms with Gasteiger partial charge in [0.2, 0.25) is 5.91 Å². The lowest BCUT2D eigenvalue weighted by Crippen LogP contribution is -2.32. The van der Waals surface area contributed by atoms with Crippen molar-refractivity contribution in [3.8, 4) is 0 Å². The molecule has 1 unspecified atom stereocenters. The highest BCUT2D eigenvalue weighted by atomic mass is 32.2. The number of rotatable bonds is 6. The molecule has 1 aromatic carbocycles. The van der Waals surface area contributed by atoms with Crippen LogP contribution in [0.2, 0.25) is 0 Å². The van der Waals surface area contributed by atoms with Crippen molar-refractivity contribution in [2.45, 2.75) is 38.0 Å². The molecule has 2 N–H and O–H groups in total. The monoisotopic (exact) mass is 406 g/mol. The van der Waals surface area contributed by atoms with Crippen LogP contribution >= 0.6 is 11.8 Å². The van der Waals surface area contributed by atoms with Gasteiger partial charge in [-0.25, -0.2) is 4.39 Å². The topological polar surface area (TPSA) is 94.4 Å². The number of piperidine rings is 1. The Morgan fingerprint density at radius 3 is 2.86 bits per heavy atom. The SMILES string of the molecule is CC1CCN(Cc2ccc(C=NN=C3NC(=O)C(CC(=O)O)S3)cc2F)CC1. The van der Waals surface area contributed by atoms with Gasteiger partial charge in [-0.15, -0.1) is 5.10 Å². The van der Waals surface area contributed by atoms with Gasteiger partial charge in [0.05, 0.1) is 12.6 Å². The minimum atomic E-state index is -1.05. The summed E-state index contributed by atoms with van der Waals surface area (Å²) in [7, 11) is 0. The summed E-state index contributed by atoms with van der Waals surface area (Å²) in [6.07, 6.45) is 3.42. The summed E-state index contributed by atoms with van der Waals surface area (Å²) in [6.45, 7) is 4.84. The van der Waals surface area contributed by atoms with Crippen LogP contribution in [0, 0.1) is 11.7 Å². The summed E-state index contributed by atoms with van der Waals surface area (Å²) in [5, 5.41) is 18.5. The van der Waals surface area contributed by atoms with E-state index in [2.05, 4.69) is 27.3 Å². The smallest absolute Gasteiger partial charge is 0.305 e. The number of aliphatic carboxylic acids is 1. The van der Waals surface area contributed by atoms with Crippen LogP contribution in [-0.2, 0) is 16.1 Å². The first kappa shape index (κ1) is 20.5. The molecule has 0 radical (unpaired) electrons. The molecule has 2 heterocycles. The number of amides is 1. The molecule has 0 spiro atoms. The molecule has 0 aromatic heterocycles. The van der Waals surface area contributed by atoms with Gasteiger partial charge in [-0.1, -0.05) is 30.8 Å². The van der Waals surface area contributed by atoms with Crippen molar-refractivity contribution < 1.29 is 19.1 Å². The first-order valence-corrected chi connectivity index (χ1v) is 10.1. The van der Waals surface area contributed by atoms with Crippen molar-refractivity contribution in [1.82, 2.24) is 10.2 Å². The minimum absolute atomic E-state index is 0.240. The highest BCUT2D eigenvalue weighted by molar-refractivity contribution is 8.15. The van der Waals surface area contributed by atoms with Gasteiger partial charge in [0.15, 0.2) is 5.17 Å². The predicted molar refractivity (Wildman–Crippen MR) is 107 cm³/mol. The van der Waals surface area contributed by atoms with Crippen LogP contribution in [-0.4, -0.2) is 51.6 Å². The number of likely N-dealkylation sites (tertiary alicyclic amines) is 1. The maximum atomic E-state index is 14.4. The zero-order valence-corrected chi connectivity index (χ0v) is 16.4. The van der Waals surface area contributed by atoms with Crippen molar-refractivity contribution >= 4 is 35.0 Å². The third-order valence-electron chi connectivity index (χ3n) is 4.84. The fraction of sp³-hybridized carbons (Fsp3) is 0.474. The van der Waals surface area contributed by atoms with E-state index in [4.69, 9.17) is 5.11 Å². The Kier molecular flexibility index (Phi) is 6.79. The lowest BCUT2D eigenvalue weighted by atomic mass is 9.98. The van der Waals surface area contributed by atoms with Crippen LogP contribution < -0.4 is 5.32 Å². The summed E-state index contributed by atoms with van der Waals surface area (Å²) in [5.74, 6) is -0.986. The van der Waals surface area contributed by atoms with Gasteiger partial charge in [-0.05, 0) is 43.5 Å². The Morgan fingerprint density at radius 2 is 2.18 bits per heavy atom. The van der Waals surface area contributed by atoms with Gasteiger partial charge in [-0.3, -0.25) is 14.5 Å². The predicted octanol–water partition coefficient (Wildman–Crippen LogP) is 2.45. The van der Waals surface area contributed by atoms with Crippen LogP contribution in [0.3, 0.4) is 0 Å². The maximum Gasteiger partial charge on any atom is 0.305 e. The first-order valence-electron chi connectivity index (χ1n) is 9.22. The summed E-state index contributed by atoms with van der Waals surface area (Å²) >= 11 is 1.02. The quantitative estimate of drug-likeness (QED) is 0.559. The highest BCUT2D eigenvalue weighted by Gasteiger charge is 2.32. The van der Waals surface area contributed by atoms with Gasteiger partial charge < -0.3 is 10.4 Å². The summed E-state index contributed by atoms with van der Waals surface area (Å²) < 4.78 is 14.4. The molecule has 0 bridgehead atoms. The molecule has 2 aliphatic rings. The van der Waals surface area contributed by atoms with Gasteiger partial charge in [0.25, 0.3) is 0 Å². The molecule has 28 heavy (non-hydrogen) atoms. The third-order valence-corrected chi connectivity index (χ3v) is 5.91. The zero-order valence-electron chi connectivity index (χ0n) is 15.6. The molecular formula is C19H23FN4O3S. The van der Waals surface area contributed by atoms with E-state index in [0.717, 1.165) is 43.6 Å². The van der Waals surface area contributed by atoms with Crippen LogP contribution in [0.5, 0.6) is 0 Å². The maximum absolute atomic E-state index is 14.4. The van der Waals surface area contributed by atoms with E-state index in [9.17, 15) is 14.0 Å². The number of hydrogen-bond acceptors (Lipinski definition) is 6. The number of nitrogens with one attached hydrogen (secondary N) is 1. The highest BCUT2D eigenvalue weighted by Crippen LogP contribution is 2.22. The summed E-state index contributed by atoms with van der Waals surface area (Å²) in [6, 6.07) is 4.96. The molecule has 0 saturated carbocycles. The molecule has 150 valence electrons. The lowest BCUT2D eigenvalue weighted by molar-refractivity contribution is -0.138. The third kappa shape index (κ3) is 5.62. The Bertz CT molecular complexity index is 806. The molecule has 3 rings (SSSR count). The molecule has 1 aromatic rings. The fourth-order valence-electron chi connectivity index (χ4n) is 3.13. The number of hydrogen-bond donors (Lipinski definition) is 2. The Balaban J connectivity index is 1.57. The van der Waals surface area contributed by atoms with Crippen LogP contribution in [0.4, 0.5) is 4.39 Å². The second-order valence-corrected chi connectivity index (χ2v) is 8.34. The molecule has 1 atom stereocenters. The van der Waals surface area contributed by atoms with E-state index in [1.165, 1.54) is 12.3 Å². The number of carbonyl (C=O) groups is 2. The average molecular weight is 406 g/mol. The Labute approximate surface area is 167 Å². The van der Waals surface area contributed by atoms with E-state index in [1.54, 1.807) is 12.1 Å². The number of benzene rings is 1. The zero-order chi connectivity index (χ0) is 20.1. The molecule has 9 heteroatoms. The van der Waals surface area contributed by atoms with Crippen molar-refractivity contribution in [1.29, 1.82) is 0 Å². The average Bonchev–Trinajstić information content (AvgIpc) is 2.98. The molecule has 2 aliphatic heterocycles. The second-order valence-electron chi connectivity index (χ2n) is 7.15. The van der Waals surface area contributed by atoms with Crippen molar-refractivity contribution in [3.63, 3.8) is 0 Å². The van der Waals surface area contributed by atoms with E-state index in [-0.39, 0.29) is 17.4 Å². The van der Waals surface area contributed by atoms with Crippen LogP contribution in [0.25, 0.3) is 0 Å². The van der Waals surface area contributed by atoms with Gasteiger partial charge in [0.1, 0.15) is 11.1 Å². The number of carboxylic acids is 1. The number of nitrogens with zero attached hydrogens (tertiary/aromatic N) is 3. The fourth-order valence-corrected chi connectivity index (χ4v) is 4.04. The molecule has 1 amide bonds. The molecule has 2 saturated heterocycles. The van der Waals surface area contributed by atoms with Gasteiger partial charge in [-0.2, -0.15) is 5.10 Å². The summed E-state index contributed by atoms with van der Waals surface area (Å²) in [5.41, 5.74) is 1.22. The first-order chi connectivity index (χ1) is 13.4. The van der Waals surface area contributed by atoms with Gasteiger partial charge >= 0.3 is 5.97 Å². The number of carboxylic acid groups (broad SMARTS) is 1. The minimum Gasteiger partial charge on any atom is -0.481 e. The van der Waals surface area contributed by atoms with Crippen LogP contribution in [0.1, 0.15) is 37.3 Å².